The molecule has 2 aliphatic rings. The topological polar surface area (TPSA) is 105 Å². The van der Waals surface area contributed by atoms with Gasteiger partial charge in [0.25, 0.3) is 11.8 Å². The van der Waals surface area contributed by atoms with Crippen molar-refractivity contribution in [1.29, 1.82) is 0 Å². The summed E-state index contributed by atoms with van der Waals surface area (Å²) in [6.07, 6.45) is 1.22. The van der Waals surface area contributed by atoms with Crippen LogP contribution in [0, 0.1) is 0 Å². The number of nitrogens with two attached hydrogens (primary N) is 1. The number of rotatable bonds is 3. The molecule has 0 unspecified atom stereocenters. The molecular weight excluding hydrogens is 376 g/mol. The number of likely N-dealkylation sites (tertiary alicyclic amines) is 1. The van der Waals surface area contributed by atoms with Gasteiger partial charge in [0.2, 0.25) is 5.91 Å². The Morgan fingerprint density at radius 1 is 1.36 bits per heavy atom. The molecule has 3 amide bonds. The zero-order valence-corrected chi connectivity index (χ0v) is 16.8. The van der Waals surface area contributed by atoms with Gasteiger partial charge in [-0.05, 0) is 55.8 Å². The van der Waals surface area contributed by atoms with Gasteiger partial charge in [-0.25, -0.2) is 0 Å². The highest BCUT2D eigenvalue weighted by atomic mass is 32.1. The van der Waals surface area contributed by atoms with E-state index in [1.54, 1.807) is 11.0 Å². The summed E-state index contributed by atoms with van der Waals surface area (Å²) in [5.74, 6) is -0.410. The Bertz CT molecular complexity index is 968. The van der Waals surface area contributed by atoms with Crippen LogP contribution in [0.4, 0.5) is 0 Å². The van der Waals surface area contributed by atoms with E-state index in [9.17, 15) is 14.4 Å². The van der Waals surface area contributed by atoms with E-state index in [4.69, 9.17) is 5.73 Å². The summed E-state index contributed by atoms with van der Waals surface area (Å²) in [5.41, 5.74) is 7.59. The molecule has 0 saturated carbocycles. The van der Waals surface area contributed by atoms with Crippen molar-refractivity contribution in [3.8, 4) is 0 Å². The van der Waals surface area contributed by atoms with Crippen LogP contribution in [0.15, 0.2) is 18.2 Å². The fraction of sp³-hybridized carbons (Fsp3) is 0.450. The van der Waals surface area contributed by atoms with Crippen LogP contribution in [0.3, 0.4) is 0 Å². The van der Waals surface area contributed by atoms with Crippen LogP contribution in [0.1, 0.15) is 45.9 Å². The number of carbonyl (C=O) groups is 3. The second kappa shape index (κ2) is 7.18. The van der Waals surface area contributed by atoms with Gasteiger partial charge in [0, 0.05) is 35.4 Å². The minimum absolute atomic E-state index is 0.00102. The van der Waals surface area contributed by atoms with Gasteiger partial charge in [0.05, 0.1) is 4.88 Å². The molecule has 4 N–H and O–H groups in total. The molecule has 148 valence electrons. The van der Waals surface area contributed by atoms with E-state index in [0.29, 0.717) is 25.1 Å². The first-order chi connectivity index (χ1) is 13.3. The summed E-state index contributed by atoms with van der Waals surface area (Å²) in [7, 11) is 0. The highest BCUT2D eigenvalue weighted by Crippen LogP contribution is 2.34. The molecular formula is C20H24N4O3S. The average Bonchev–Trinajstić information content (AvgIpc) is 3.22. The van der Waals surface area contributed by atoms with E-state index < -0.39 is 6.04 Å². The lowest BCUT2D eigenvalue weighted by Gasteiger charge is -2.25. The zero-order valence-electron chi connectivity index (χ0n) is 16.0. The maximum Gasteiger partial charge on any atom is 0.261 e. The summed E-state index contributed by atoms with van der Waals surface area (Å²) in [6.45, 7) is 4.75. The molecule has 8 heteroatoms. The van der Waals surface area contributed by atoms with Gasteiger partial charge >= 0.3 is 0 Å². The average molecular weight is 401 g/mol. The molecule has 4 rings (SSSR count). The van der Waals surface area contributed by atoms with Crippen LogP contribution >= 0.6 is 11.3 Å². The summed E-state index contributed by atoms with van der Waals surface area (Å²) in [4.78, 5) is 40.1. The minimum Gasteiger partial charge on any atom is -0.352 e. The highest BCUT2D eigenvalue weighted by molar-refractivity contribution is 7.21. The quantitative estimate of drug-likeness (QED) is 0.721. The Morgan fingerprint density at radius 3 is 2.89 bits per heavy atom. The zero-order chi connectivity index (χ0) is 20.0. The lowest BCUT2D eigenvalue weighted by Crippen LogP contribution is -2.47. The second-order valence-electron chi connectivity index (χ2n) is 7.76. The SMILES string of the molecule is CC(C)NC(=O)[C@@H]1C[C@H](N)CN1C(=O)c1ccc2sc3c(c2c1)CCNC3=O. The van der Waals surface area contributed by atoms with Crippen molar-refractivity contribution < 1.29 is 14.4 Å². The third kappa shape index (κ3) is 3.27. The number of thiophene rings is 1. The molecule has 1 aromatic carbocycles. The van der Waals surface area contributed by atoms with E-state index in [-0.39, 0.29) is 29.8 Å². The van der Waals surface area contributed by atoms with Crippen LogP contribution in [-0.2, 0) is 11.2 Å². The standard InChI is InChI=1S/C20H24N4O3S/c1-10(2)23-18(25)15-8-12(21)9-24(15)20(27)11-3-4-16-14(7-11)13-5-6-22-19(26)17(13)28-16/h3-4,7,10,12,15H,5-6,8-9,21H2,1-2H3,(H,22,26)(H,23,25)/t12-,15-/m0/s1. The summed E-state index contributed by atoms with van der Waals surface area (Å²) in [5, 5.41) is 6.69. The number of fused-ring (bicyclic) bond motifs is 3. The molecule has 1 saturated heterocycles. The van der Waals surface area contributed by atoms with Gasteiger partial charge in [0.15, 0.2) is 0 Å². The number of benzene rings is 1. The molecule has 0 radical (unpaired) electrons. The fourth-order valence-corrected chi connectivity index (χ4v) is 5.13. The maximum absolute atomic E-state index is 13.2. The van der Waals surface area contributed by atoms with Crippen molar-refractivity contribution in [2.75, 3.05) is 13.1 Å². The molecule has 0 aliphatic carbocycles. The van der Waals surface area contributed by atoms with E-state index >= 15 is 0 Å². The number of nitrogens with one attached hydrogen (secondary N) is 2. The molecule has 0 bridgehead atoms. The summed E-state index contributed by atoms with van der Waals surface area (Å²) >= 11 is 1.45. The summed E-state index contributed by atoms with van der Waals surface area (Å²) in [6, 6.07) is 4.74. The molecule has 2 atom stereocenters. The molecule has 0 spiro atoms. The van der Waals surface area contributed by atoms with Crippen LogP contribution in [0.25, 0.3) is 10.1 Å². The Labute approximate surface area is 167 Å². The predicted molar refractivity (Wildman–Crippen MR) is 109 cm³/mol. The van der Waals surface area contributed by atoms with E-state index in [0.717, 1.165) is 26.9 Å². The normalized spacial score (nSPS) is 21.7. The Hall–Kier alpha value is -2.45. The molecule has 1 aromatic heterocycles. The lowest BCUT2D eigenvalue weighted by atomic mass is 10.0. The molecule has 7 nitrogen and oxygen atoms in total. The highest BCUT2D eigenvalue weighted by Gasteiger charge is 2.38. The monoisotopic (exact) mass is 400 g/mol. The van der Waals surface area contributed by atoms with E-state index in [2.05, 4.69) is 10.6 Å². The van der Waals surface area contributed by atoms with Crippen molar-refractivity contribution in [3.63, 3.8) is 0 Å². The molecule has 28 heavy (non-hydrogen) atoms. The van der Waals surface area contributed by atoms with E-state index in [1.807, 2.05) is 26.0 Å². The van der Waals surface area contributed by atoms with Gasteiger partial charge in [0.1, 0.15) is 6.04 Å². The van der Waals surface area contributed by atoms with Crippen molar-refractivity contribution in [2.24, 2.45) is 5.73 Å². The number of carbonyl (C=O) groups excluding carboxylic acids is 3. The van der Waals surface area contributed by atoms with Gasteiger partial charge in [-0.3, -0.25) is 14.4 Å². The van der Waals surface area contributed by atoms with Crippen LogP contribution in [0.2, 0.25) is 0 Å². The number of nitrogens with zero attached hydrogens (tertiary/aromatic N) is 1. The first-order valence-corrected chi connectivity index (χ1v) is 10.4. The van der Waals surface area contributed by atoms with E-state index in [1.165, 1.54) is 11.3 Å². The largest absolute Gasteiger partial charge is 0.352 e. The molecule has 2 aliphatic heterocycles. The smallest absolute Gasteiger partial charge is 0.261 e. The molecule has 1 fully saturated rings. The Morgan fingerprint density at radius 2 is 2.14 bits per heavy atom. The van der Waals surface area contributed by atoms with Crippen LogP contribution < -0.4 is 16.4 Å². The van der Waals surface area contributed by atoms with Crippen molar-refractivity contribution in [1.82, 2.24) is 15.5 Å². The first kappa shape index (κ1) is 18.9. The predicted octanol–water partition coefficient (Wildman–Crippen LogP) is 1.25. The van der Waals surface area contributed by atoms with Crippen molar-refractivity contribution in [2.45, 2.75) is 44.8 Å². The Kier molecular flexibility index (Phi) is 4.84. The van der Waals surface area contributed by atoms with Gasteiger partial charge in [-0.1, -0.05) is 0 Å². The summed E-state index contributed by atoms with van der Waals surface area (Å²) < 4.78 is 0.992. The number of amides is 3. The Balaban J connectivity index is 1.66. The number of hydrogen-bond acceptors (Lipinski definition) is 5. The van der Waals surface area contributed by atoms with Gasteiger partial charge < -0.3 is 21.3 Å². The third-order valence-corrected chi connectivity index (χ3v) is 6.44. The lowest BCUT2D eigenvalue weighted by molar-refractivity contribution is -0.125. The van der Waals surface area contributed by atoms with Crippen molar-refractivity contribution in [3.05, 3.63) is 34.2 Å². The van der Waals surface area contributed by atoms with Gasteiger partial charge in [-0.15, -0.1) is 11.3 Å². The van der Waals surface area contributed by atoms with Crippen molar-refractivity contribution >= 4 is 39.1 Å². The number of hydrogen-bond donors (Lipinski definition) is 3. The minimum atomic E-state index is -0.553. The van der Waals surface area contributed by atoms with Crippen LogP contribution in [0.5, 0.6) is 0 Å². The van der Waals surface area contributed by atoms with Gasteiger partial charge in [-0.2, -0.15) is 0 Å². The van der Waals surface area contributed by atoms with Crippen LogP contribution in [-0.4, -0.2) is 53.8 Å². The first-order valence-electron chi connectivity index (χ1n) is 9.55. The second-order valence-corrected chi connectivity index (χ2v) is 8.81. The molecule has 3 heterocycles. The molecule has 2 aromatic rings. The third-order valence-electron chi connectivity index (χ3n) is 5.23. The fourth-order valence-electron chi connectivity index (χ4n) is 3.98. The maximum atomic E-state index is 13.2.